The van der Waals surface area contributed by atoms with Crippen LogP contribution in [0.15, 0.2) is 29.8 Å². The Hall–Kier alpha value is -2.10. The van der Waals surface area contributed by atoms with Gasteiger partial charge in [0.05, 0.1) is 5.41 Å². The lowest BCUT2D eigenvalue weighted by Gasteiger charge is -2.30. The van der Waals surface area contributed by atoms with Crippen molar-refractivity contribution in [1.82, 2.24) is 0 Å². The first-order valence-electron chi connectivity index (χ1n) is 5.18. The van der Waals surface area contributed by atoms with Gasteiger partial charge in [0.15, 0.2) is 5.78 Å². The van der Waals surface area contributed by atoms with Crippen LogP contribution in [-0.2, 0) is 15.0 Å². The number of hydrogen-bond donors (Lipinski definition) is 2. The summed E-state index contributed by atoms with van der Waals surface area (Å²) < 4.78 is 0. The van der Waals surface area contributed by atoms with Crippen LogP contribution in [-0.4, -0.2) is 22.0 Å². The van der Waals surface area contributed by atoms with Gasteiger partial charge in [-0.15, -0.1) is 0 Å². The van der Waals surface area contributed by atoms with E-state index in [1.807, 2.05) is 0 Å². The Labute approximate surface area is 98.2 Å². The third kappa shape index (κ3) is 1.45. The Bertz CT molecular complexity index is 552. The van der Waals surface area contributed by atoms with E-state index < -0.39 is 28.5 Å². The number of ketones is 1. The van der Waals surface area contributed by atoms with Crippen LogP contribution in [0.3, 0.4) is 0 Å². The molecule has 4 heteroatoms. The Morgan fingerprint density at radius 2 is 1.82 bits per heavy atom. The topological polar surface area (TPSA) is 74.6 Å². The summed E-state index contributed by atoms with van der Waals surface area (Å²) in [6, 6.07) is 6.79. The van der Waals surface area contributed by atoms with Crippen LogP contribution < -0.4 is 0 Å². The molecule has 0 bridgehead atoms. The molecule has 2 N–H and O–H groups in total. The molecule has 0 amide bonds. The summed E-state index contributed by atoms with van der Waals surface area (Å²) in [7, 11) is 0. The SMILES string of the molecule is CC1(C)C(=O)C(C(=O)O)=C(O)c2ccccc21. The van der Waals surface area contributed by atoms with Gasteiger partial charge in [0.2, 0.25) is 0 Å². The zero-order chi connectivity index (χ0) is 12.8. The molecule has 1 aromatic rings. The Morgan fingerprint density at radius 1 is 1.24 bits per heavy atom. The molecule has 0 saturated heterocycles. The van der Waals surface area contributed by atoms with Gasteiger partial charge in [0.25, 0.3) is 0 Å². The second-order valence-electron chi connectivity index (χ2n) is 4.53. The number of benzene rings is 1. The minimum Gasteiger partial charge on any atom is -0.506 e. The number of hydrogen-bond acceptors (Lipinski definition) is 3. The van der Waals surface area contributed by atoms with Crippen molar-refractivity contribution in [3.05, 3.63) is 41.0 Å². The number of aliphatic hydroxyl groups is 1. The van der Waals surface area contributed by atoms with Crippen molar-refractivity contribution in [2.45, 2.75) is 19.3 Å². The molecule has 0 aromatic heterocycles. The predicted molar refractivity (Wildman–Crippen MR) is 61.7 cm³/mol. The van der Waals surface area contributed by atoms with E-state index in [1.165, 1.54) is 0 Å². The standard InChI is InChI=1S/C13H12O4/c1-13(2)8-6-4-3-5-7(8)10(14)9(11(13)15)12(16)17/h3-6,14H,1-2H3,(H,16,17). The van der Waals surface area contributed by atoms with Gasteiger partial charge < -0.3 is 10.2 Å². The predicted octanol–water partition coefficient (Wildman–Crippen LogP) is 1.90. The number of aliphatic carboxylic acids is 1. The molecular weight excluding hydrogens is 220 g/mol. The van der Waals surface area contributed by atoms with Crippen molar-refractivity contribution < 1.29 is 19.8 Å². The quantitative estimate of drug-likeness (QED) is 0.725. The van der Waals surface area contributed by atoms with Crippen molar-refractivity contribution in [2.75, 3.05) is 0 Å². The van der Waals surface area contributed by atoms with E-state index in [2.05, 4.69) is 0 Å². The molecule has 4 nitrogen and oxygen atoms in total. The zero-order valence-corrected chi connectivity index (χ0v) is 9.52. The van der Waals surface area contributed by atoms with Crippen LogP contribution in [0.1, 0.15) is 25.0 Å². The monoisotopic (exact) mass is 232 g/mol. The summed E-state index contributed by atoms with van der Waals surface area (Å²) in [4.78, 5) is 23.1. The van der Waals surface area contributed by atoms with Gasteiger partial charge in [0, 0.05) is 5.56 Å². The lowest BCUT2D eigenvalue weighted by Crippen LogP contribution is -2.37. The summed E-state index contributed by atoms with van der Waals surface area (Å²) in [5, 5.41) is 18.9. The lowest BCUT2D eigenvalue weighted by atomic mass is 9.71. The normalized spacial score (nSPS) is 17.9. The molecule has 0 radical (unpaired) electrons. The maximum atomic E-state index is 12.1. The molecule has 2 rings (SSSR count). The number of carbonyl (C=O) groups is 2. The average Bonchev–Trinajstić information content (AvgIpc) is 2.27. The highest BCUT2D eigenvalue weighted by Crippen LogP contribution is 2.38. The van der Waals surface area contributed by atoms with E-state index in [1.54, 1.807) is 38.1 Å². The molecule has 1 aliphatic carbocycles. The van der Waals surface area contributed by atoms with Crippen molar-refractivity contribution >= 4 is 17.5 Å². The molecule has 0 heterocycles. The fraction of sp³-hybridized carbons (Fsp3) is 0.231. The van der Waals surface area contributed by atoms with Gasteiger partial charge in [-0.2, -0.15) is 0 Å². The van der Waals surface area contributed by atoms with Crippen LogP contribution in [0.5, 0.6) is 0 Å². The summed E-state index contributed by atoms with van der Waals surface area (Å²) in [5.41, 5.74) is -0.410. The van der Waals surface area contributed by atoms with Crippen molar-refractivity contribution in [3.63, 3.8) is 0 Å². The fourth-order valence-electron chi connectivity index (χ4n) is 2.11. The van der Waals surface area contributed by atoms with E-state index in [0.717, 1.165) is 0 Å². The van der Waals surface area contributed by atoms with Crippen LogP contribution >= 0.6 is 0 Å². The molecule has 0 spiro atoms. The van der Waals surface area contributed by atoms with Crippen molar-refractivity contribution in [2.24, 2.45) is 0 Å². The van der Waals surface area contributed by atoms with Gasteiger partial charge in [-0.05, 0) is 19.4 Å². The van der Waals surface area contributed by atoms with E-state index >= 15 is 0 Å². The first-order valence-corrected chi connectivity index (χ1v) is 5.18. The molecule has 0 unspecified atom stereocenters. The Kier molecular flexibility index (Phi) is 2.31. The Balaban J connectivity index is 2.82. The highest BCUT2D eigenvalue weighted by atomic mass is 16.4. The molecule has 0 aliphatic heterocycles. The molecule has 0 atom stereocenters. The second-order valence-corrected chi connectivity index (χ2v) is 4.53. The number of fused-ring (bicyclic) bond motifs is 1. The van der Waals surface area contributed by atoms with Crippen molar-refractivity contribution in [3.8, 4) is 0 Å². The molecule has 0 saturated carbocycles. The van der Waals surface area contributed by atoms with Crippen LogP contribution in [0.4, 0.5) is 0 Å². The molecule has 88 valence electrons. The zero-order valence-electron chi connectivity index (χ0n) is 9.52. The van der Waals surface area contributed by atoms with Crippen LogP contribution in [0.25, 0.3) is 5.76 Å². The second kappa shape index (κ2) is 3.45. The number of carboxylic acids is 1. The smallest absolute Gasteiger partial charge is 0.343 e. The highest BCUT2D eigenvalue weighted by molar-refractivity contribution is 6.26. The van der Waals surface area contributed by atoms with Crippen LogP contribution in [0, 0.1) is 0 Å². The molecule has 17 heavy (non-hydrogen) atoms. The minimum absolute atomic E-state index is 0.412. The summed E-state index contributed by atoms with van der Waals surface area (Å²) in [6.45, 7) is 3.31. The number of rotatable bonds is 1. The lowest BCUT2D eigenvalue weighted by molar-refractivity contribution is -0.135. The number of carbonyl (C=O) groups excluding carboxylic acids is 1. The summed E-state index contributed by atoms with van der Waals surface area (Å²) in [6.07, 6.45) is 0. The first-order chi connectivity index (χ1) is 7.87. The highest BCUT2D eigenvalue weighted by Gasteiger charge is 2.43. The van der Waals surface area contributed by atoms with Gasteiger partial charge in [-0.1, -0.05) is 24.3 Å². The fourth-order valence-corrected chi connectivity index (χ4v) is 2.11. The van der Waals surface area contributed by atoms with Gasteiger partial charge >= 0.3 is 5.97 Å². The van der Waals surface area contributed by atoms with Crippen molar-refractivity contribution in [1.29, 1.82) is 0 Å². The van der Waals surface area contributed by atoms with Crippen LogP contribution in [0.2, 0.25) is 0 Å². The molecule has 1 aliphatic rings. The molecular formula is C13H12O4. The number of aliphatic hydroxyl groups excluding tert-OH is 1. The van der Waals surface area contributed by atoms with E-state index in [9.17, 15) is 14.7 Å². The van der Waals surface area contributed by atoms with E-state index in [-0.39, 0.29) is 0 Å². The third-order valence-corrected chi connectivity index (χ3v) is 3.10. The number of Topliss-reactive ketones (excluding diaryl/α,β-unsaturated/α-hetero) is 1. The van der Waals surface area contributed by atoms with E-state index in [4.69, 9.17) is 5.11 Å². The number of carboxylic acid groups (broad SMARTS) is 1. The Morgan fingerprint density at radius 3 is 2.41 bits per heavy atom. The summed E-state index contributed by atoms with van der Waals surface area (Å²) >= 11 is 0. The molecule has 1 aromatic carbocycles. The maximum absolute atomic E-state index is 12.1. The van der Waals surface area contributed by atoms with Gasteiger partial charge in [-0.3, -0.25) is 4.79 Å². The first kappa shape index (κ1) is 11.4. The maximum Gasteiger partial charge on any atom is 0.343 e. The third-order valence-electron chi connectivity index (χ3n) is 3.10. The summed E-state index contributed by atoms with van der Waals surface area (Å²) in [5.74, 6) is -2.41. The van der Waals surface area contributed by atoms with Gasteiger partial charge in [0.1, 0.15) is 11.3 Å². The minimum atomic E-state index is -1.39. The van der Waals surface area contributed by atoms with E-state index in [0.29, 0.717) is 11.1 Å². The average molecular weight is 232 g/mol. The molecule has 0 fully saturated rings. The largest absolute Gasteiger partial charge is 0.506 e. The van der Waals surface area contributed by atoms with Gasteiger partial charge in [-0.25, -0.2) is 4.79 Å².